The van der Waals surface area contributed by atoms with Crippen LogP contribution in [-0.2, 0) is 6.42 Å². The van der Waals surface area contributed by atoms with Crippen LogP contribution in [0.2, 0.25) is 5.02 Å². The Labute approximate surface area is 133 Å². The van der Waals surface area contributed by atoms with E-state index in [1.165, 1.54) is 5.56 Å². The van der Waals surface area contributed by atoms with Gasteiger partial charge in [0.25, 0.3) is 0 Å². The number of hydrogen-bond donors (Lipinski definition) is 1. The molecule has 0 aromatic heterocycles. The zero-order valence-electron chi connectivity index (χ0n) is 13.0. The summed E-state index contributed by atoms with van der Waals surface area (Å²) in [6.45, 7) is 5.15. The lowest BCUT2D eigenvalue weighted by atomic mass is 9.90. The van der Waals surface area contributed by atoms with Gasteiger partial charge in [0.1, 0.15) is 0 Å². The molecule has 1 aromatic rings. The van der Waals surface area contributed by atoms with Crippen molar-refractivity contribution in [3.63, 3.8) is 0 Å². The first-order valence-corrected chi connectivity index (χ1v) is 8.90. The van der Waals surface area contributed by atoms with Gasteiger partial charge in [-0.15, -0.1) is 0 Å². The van der Waals surface area contributed by atoms with Crippen LogP contribution in [0.5, 0.6) is 0 Å². The summed E-state index contributed by atoms with van der Waals surface area (Å²) in [6.07, 6.45) is 4.26. The standard InChI is InChI=1S/C16H27ClN2S/c1-5-15(11-20-4)19(3)16(2,12-18)10-13-6-8-14(17)9-7-13/h6-9,15H,5,10-12,18H2,1-4H3. The number of rotatable bonds is 8. The Balaban J connectivity index is 2.86. The van der Waals surface area contributed by atoms with Crippen LogP contribution in [0.1, 0.15) is 25.8 Å². The molecule has 0 saturated heterocycles. The van der Waals surface area contributed by atoms with Crippen molar-refractivity contribution in [3.8, 4) is 0 Å². The second-order valence-electron chi connectivity index (χ2n) is 5.63. The zero-order valence-corrected chi connectivity index (χ0v) is 14.6. The van der Waals surface area contributed by atoms with Gasteiger partial charge in [-0.25, -0.2) is 0 Å². The molecule has 1 rings (SSSR count). The van der Waals surface area contributed by atoms with Crippen molar-refractivity contribution < 1.29 is 0 Å². The highest BCUT2D eigenvalue weighted by molar-refractivity contribution is 7.98. The van der Waals surface area contributed by atoms with Crippen LogP contribution in [0.3, 0.4) is 0 Å². The van der Waals surface area contributed by atoms with E-state index in [1.54, 1.807) is 0 Å². The van der Waals surface area contributed by atoms with E-state index in [0.717, 1.165) is 23.6 Å². The lowest BCUT2D eigenvalue weighted by Gasteiger charge is -2.43. The predicted molar refractivity (Wildman–Crippen MR) is 92.8 cm³/mol. The second kappa shape index (κ2) is 8.28. The zero-order chi connectivity index (χ0) is 15.2. The van der Waals surface area contributed by atoms with Gasteiger partial charge in [0.05, 0.1) is 0 Å². The normalized spacial score (nSPS) is 16.1. The number of halogens is 1. The molecule has 0 radical (unpaired) electrons. The number of thioether (sulfide) groups is 1. The summed E-state index contributed by atoms with van der Waals surface area (Å²) in [4.78, 5) is 2.46. The minimum absolute atomic E-state index is 0.0236. The molecule has 2 N–H and O–H groups in total. The molecule has 2 unspecified atom stereocenters. The molecule has 0 heterocycles. The number of likely N-dealkylation sites (N-methyl/N-ethyl adjacent to an activating group) is 1. The minimum atomic E-state index is -0.0236. The maximum Gasteiger partial charge on any atom is 0.0406 e. The molecule has 0 amide bonds. The molecule has 0 bridgehead atoms. The van der Waals surface area contributed by atoms with Crippen LogP contribution < -0.4 is 5.73 Å². The predicted octanol–water partition coefficient (Wildman–Crippen LogP) is 3.67. The Hall–Kier alpha value is -0.220. The quantitative estimate of drug-likeness (QED) is 0.794. The van der Waals surface area contributed by atoms with Crippen molar-refractivity contribution in [2.75, 3.05) is 25.6 Å². The molecule has 0 spiro atoms. The number of hydrogen-bond acceptors (Lipinski definition) is 3. The lowest BCUT2D eigenvalue weighted by molar-refractivity contribution is 0.100. The molecule has 0 aliphatic heterocycles. The van der Waals surface area contributed by atoms with E-state index in [1.807, 2.05) is 23.9 Å². The van der Waals surface area contributed by atoms with E-state index in [0.29, 0.717) is 12.6 Å². The highest BCUT2D eigenvalue weighted by atomic mass is 35.5. The van der Waals surface area contributed by atoms with Gasteiger partial charge in [-0.3, -0.25) is 4.90 Å². The van der Waals surface area contributed by atoms with Crippen molar-refractivity contribution in [1.82, 2.24) is 4.90 Å². The summed E-state index contributed by atoms with van der Waals surface area (Å²) < 4.78 is 0. The van der Waals surface area contributed by atoms with Crippen LogP contribution >= 0.6 is 23.4 Å². The van der Waals surface area contributed by atoms with Crippen LogP contribution in [0.25, 0.3) is 0 Å². The number of nitrogens with two attached hydrogens (primary N) is 1. The third kappa shape index (κ3) is 4.66. The van der Waals surface area contributed by atoms with Gasteiger partial charge in [-0.1, -0.05) is 30.7 Å². The molecule has 0 aliphatic carbocycles. The summed E-state index contributed by atoms with van der Waals surface area (Å²) in [6, 6.07) is 8.66. The first-order chi connectivity index (χ1) is 9.46. The van der Waals surface area contributed by atoms with Gasteiger partial charge in [-0.2, -0.15) is 11.8 Å². The fourth-order valence-electron chi connectivity index (χ4n) is 2.52. The van der Waals surface area contributed by atoms with Gasteiger partial charge in [0.2, 0.25) is 0 Å². The van der Waals surface area contributed by atoms with Crippen LogP contribution in [0.15, 0.2) is 24.3 Å². The SMILES string of the molecule is CCC(CSC)N(C)C(C)(CN)Cc1ccc(Cl)cc1. The van der Waals surface area contributed by atoms with Crippen molar-refractivity contribution in [3.05, 3.63) is 34.9 Å². The van der Waals surface area contributed by atoms with Crippen LogP contribution in [0, 0.1) is 0 Å². The summed E-state index contributed by atoms with van der Waals surface area (Å²) in [5.41, 5.74) is 7.36. The fourth-order valence-corrected chi connectivity index (χ4v) is 3.49. The van der Waals surface area contributed by atoms with Crippen molar-refractivity contribution >= 4 is 23.4 Å². The van der Waals surface area contributed by atoms with E-state index < -0.39 is 0 Å². The molecule has 2 atom stereocenters. The Kier molecular flexibility index (Phi) is 7.38. The first-order valence-electron chi connectivity index (χ1n) is 7.13. The summed E-state index contributed by atoms with van der Waals surface area (Å²) in [5, 5.41) is 0.783. The Morgan fingerprint density at radius 1 is 1.35 bits per heavy atom. The molecule has 0 aliphatic rings. The molecule has 114 valence electrons. The van der Waals surface area contributed by atoms with Gasteiger partial charge in [-0.05, 0) is 50.8 Å². The van der Waals surface area contributed by atoms with Crippen molar-refractivity contribution in [2.24, 2.45) is 5.73 Å². The van der Waals surface area contributed by atoms with Crippen molar-refractivity contribution in [2.45, 2.75) is 38.3 Å². The lowest BCUT2D eigenvalue weighted by Crippen LogP contribution is -2.55. The fraction of sp³-hybridized carbons (Fsp3) is 0.625. The molecule has 20 heavy (non-hydrogen) atoms. The molecule has 2 nitrogen and oxygen atoms in total. The smallest absolute Gasteiger partial charge is 0.0406 e. The van der Waals surface area contributed by atoms with Gasteiger partial charge in [0, 0.05) is 28.9 Å². The van der Waals surface area contributed by atoms with E-state index in [2.05, 4.69) is 44.2 Å². The van der Waals surface area contributed by atoms with Crippen LogP contribution in [0.4, 0.5) is 0 Å². The molecule has 0 fully saturated rings. The summed E-state index contributed by atoms with van der Waals surface area (Å²) in [7, 11) is 2.20. The number of nitrogens with zero attached hydrogens (tertiary/aromatic N) is 1. The van der Waals surface area contributed by atoms with E-state index in [9.17, 15) is 0 Å². The second-order valence-corrected chi connectivity index (χ2v) is 6.98. The van der Waals surface area contributed by atoms with Gasteiger partial charge in [0.15, 0.2) is 0 Å². The van der Waals surface area contributed by atoms with E-state index in [-0.39, 0.29) is 5.54 Å². The maximum atomic E-state index is 6.10. The van der Waals surface area contributed by atoms with Gasteiger partial charge >= 0.3 is 0 Å². The topological polar surface area (TPSA) is 29.3 Å². The minimum Gasteiger partial charge on any atom is -0.329 e. The van der Waals surface area contributed by atoms with E-state index in [4.69, 9.17) is 17.3 Å². The summed E-state index contributed by atoms with van der Waals surface area (Å²) in [5.74, 6) is 1.14. The molecular weight excluding hydrogens is 288 g/mol. The Morgan fingerprint density at radius 2 is 1.95 bits per heavy atom. The molecule has 0 saturated carbocycles. The van der Waals surface area contributed by atoms with Crippen LogP contribution in [-0.4, -0.2) is 42.1 Å². The monoisotopic (exact) mass is 314 g/mol. The maximum absolute atomic E-state index is 6.10. The largest absolute Gasteiger partial charge is 0.329 e. The number of benzene rings is 1. The Morgan fingerprint density at radius 3 is 2.40 bits per heavy atom. The molecule has 4 heteroatoms. The van der Waals surface area contributed by atoms with E-state index >= 15 is 0 Å². The average Bonchev–Trinajstić information content (AvgIpc) is 2.46. The third-order valence-electron chi connectivity index (χ3n) is 4.17. The highest BCUT2D eigenvalue weighted by Gasteiger charge is 2.32. The summed E-state index contributed by atoms with van der Waals surface area (Å²) >= 11 is 7.85. The molecule has 1 aromatic carbocycles. The average molecular weight is 315 g/mol. The highest BCUT2D eigenvalue weighted by Crippen LogP contribution is 2.24. The van der Waals surface area contributed by atoms with Gasteiger partial charge < -0.3 is 5.73 Å². The van der Waals surface area contributed by atoms with Crippen molar-refractivity contribution in [1.29, 1.82) is 0 Å². The first kappa shape index (κ1) is 17.8. The Bertz CT molecular complexity index is 396. The third-order valence-corrected chi connectivity index (χ3v) is 5.14. The molecular formula is C16H27ClN2S.